The first kappa shape index (κ1) is 19.2. The van der Waals surface area contributed by atoms with Crippen LogP contribution in [0.2, 0.25) is 0 Å². The van der Waals surface area contributed by atoms with Gasteiger partial charge < -0.3 is 5.32 Å². The second kappa shape index (κ2) is 8.91. The highest BCUT2D eigenvalue weighted by Crippen LogP contribution is 2.26. The Morgan fingerprint density at radius 1 is 1.21 bits per heavy atom. The Kier molecular flexibility index (Phi) is 6.10. The maximum atomic E-state index is 12.1. The fourth-order valence-electron chi connectivity index (χ4n) is 4.18. The van der Waals surface area contributed by atoms with Gasteiger partial charge >= 0.3 is 0 Å². The predicted octanol–water partition coefficient (Wildman–Crippen LogP) is 3.70. The number of hydrogen-bond donors (Lipinski definition) is 1. The van der Waals surface area contributed by atoms with E-state index < -0.39 is 0 Å². The summed E-state index contributed by atoms with van der Waals surface area (Å²) in [6, 6.07) is 13.0. The van der Waals surface area contributed by atoms with Crippen LogP contribution in [0, 0.1) is 5.92 Å². The number of nitrogens with one attached hydrogen (secondary N) is 1. The first-order valence-corrected chi connectivity index (χ1v) is 10.8. The van der Waals surface area contributed by atoms with Gasteiger partial charge in [-0.1, -0.05) is 43.7 Å². The molecule has 4 rings (SSSR count). The molecule has 0 saturated heterocycles. The van der Waals surface area contributed by atoms with E-state index in [0.29, 0.717) is 12.5 Å². The Labute approximate surface area is 168 Å². The molecular formula is C23H32N4O. The standard InChI is InChI=1S/C23H32N4O/c1-18(19-7-3-2-4-8-19)11-14-26-12-6-13-27-22(17-26)15-21(25-27)16-24-23(28)20-9-5-10-20/h2-4,7-8,15,18,20H,5-6,9-14,16-17H2,1H3,(H,24,28)/t18-/m0/s1. The van der Waals surface area contributed by atoms with Crippen LogP contribution in [0.3, 0.4) is 0 Å². The highest BCUT2D eigenvalue weighted by atomic mass is 16.1. The quantitative estimate of drug-likeness (QED) is 0.797. The van der Waals surface area contributed by atoms with Gasteiger partial charge in [0.2, 0.25) is 5.91 Å². The maximum absolute atomic E-state index is 12.1. The van der Waals surface area contributed by atoms with Crippen LogP contribution in [-0.4, -0.2) is 33.7 Å². The van der Waals surface area contributed by atoms with E-state index in [9.17, 15) is 4.79 Å². The Bertz CT molecular complexity index is 781. The molecule has 1 N–H and O–H groups in total. The third kappa shape index (κ3) is 4.64. The van der Waals surface area contributed by atoms with Crippen molar-refractivity contribution in [2.75, 3.05) is 13.1 Å². The van der Waals surface area contributed by atoms with Crippen LogP contribution in [0.4, 0.5) is 0 Å². The molecule has 5 nitrogen and oxygen atoms in total. The topological polar surface area (TPSA) is 50.2 Å². The van der Waals surface area contributed by atoms with Crippen molar-refractivity contribution in [3.05, 3.63) is 53.3 Å². The average molecular weight is 381 g/mol. The third-order valence-corrected chi connectivity index (χ3v) is 6.31. The molecule has 0 spiro atoms. The Hall–Kier alpha value is -2.14. The molecular weight excluding hydrogens is 348 g/mol. The molecule has 5 heteroatoms. The van der Waals surface area contributed by atoms with Crippen LogP contribution in [0.15, 0.2) is 36.4 Å². The zero-order valence-corrected chi connectivity index (χ0v) is 16.9. The van der Waals surface area contributed by atoms with Gasteiger partial charge in [-0.15, -0.1) is 0 Å². The molecule has 0 unspecified atom stereocenters. The van der Waals surface area contributed by atoms with Gasteiger partial charge in [0.15, 0.2) is 0 Å². The SMILES string of the molecule is C[C@@H](CCN1CCCn2nc(CNC(=O)C3CCC3)cc2C1)c1ccccc1. The highest BCUT2D eigenvalue weighted by Gasteiger charge is 2.25. The summed E-state index contributed by atoms with van der Waals surface area (Å²) in [4.78, 5) is 14.6. The van der Waals surface area contributed by atoms with Gasteiger partial charge in [-0.3, -0.25) is 14.4 Å². The lowest BCUT2D eigenvalue weighted by atomic mass is 9.85. The molecule has 0 bridgehead atoms. The van der Waals surface area contributed by atoms with Crippen molar-refractivity contribution in [3.63, 3.8) is 0 Å². The molecule has 150 valence electrons. The maximum Gasteiger partial charge on any atom is 0.223 e. The second-order valence-electron chi connectivity index (χ2n) is 8.43. The van der Waals surface area contributed by atoms with Crippen LogP contribution in [0.25, 0.3) is 0 Å². The van der Waals surface area contributed by atoms with E-state index >= 15 is 0 Å². The first-order chi connectivity index (χ1) is 13.7. The van der Waals surface area contributed by atoms with Crippen molar-refractivity contribution in [2.24, 2.45) is 5.92 Å². The number of hydrogen-bond acceptors (Lipinski definition) is 3. The fourth-order valence-corrected chi connectivity index (χ4v) is 4.18. The van der Waals surface area contributed by atoms with E-state index in [4.69, 9.17) is 5.10 Å². The lowest BCUT2D eigenvalue weighted by Gasteiger charge is -2.23. The number of rotatable bonds is 7. The highest BCUT2D eigenvalue weighted by molar-refractivity contribution is 5.79. The molecule has 1 aliphatic heterocycles. The van der Waals surface area contributed by atoms with Crippen LogP contribution < -0.4 is 5.32 Å². The summed E-state index contributed by atoms with van der Waals surface area (Å²) < 4.78 is 2.14. The summed E-state index contributed by atoms with van der Waals surface area (Å²) in [6.07, 6.45) is 5.57. The Morgan fingerprint density at radius 2 is 2.04 bits per heavy atom. The van der Waals surface area contributed by atoms with Gasteiger partial charge in [0.1, 0.15) is 0 Å². The minimum Gasteiger partial charge on any atom is -0.350 e. The van der Waals surface area contributed by atoms with Gasteiger partial charge in [-0.25, -0.2) is 0 Å². The van der Waals surface area contributed by atoms with E-state index in [2.05, 4.69) is 58.2 Å². The molecule has 1 aromatic heterocycles. The summed E-state index contributed by atoms with van der Waals surface area (Å²) in [5.74, 6) is 1.01. The second-order valence-corrected chi connectivity index (χ2v) is 8.43. The number of carbonyl (C=O) groups excluding carboxylic acids is 1. The van der Waals surface area contributed by atoms with Crippen LogP contribution in [-0.2, 0) is 24.4 Å². The third-order valence-electron chi connectivity index (χ3n) is 6.31. The van der Waals surface area contributed by atoms with Crippen molar-refractivity contribution >= 4 is 5.91 Å². The number of carbonyl (C=O) groups is 1. The van der Waals surface area contributed by atoms with Crippen LogP contribution in [0.5, 0.6) is 0 Å². The molecule has 0 radical (unpaired) electrons. The molecule has 1 aromatic carbocycles. The number of benzene rings is 1. The van der Waals surface area contributed by atoms with Gasteiger partial charge in [-0.05, 0) is 49.8 Å². The van der Waals surface area contributed by atoms with Crippen LogP contribution >= 0.6 is 0 Å². The molecule has 1 amide bonds. The smallest absolute Gasteiger partial charge is 0.223 e. The first-order valence-electron chi connectivity index (χ1n) is 10.8. The Balaban J connectivity index is 1.30. The van der Waals surface area contributed by atoms with E-state index in [1.165, 1.54) is 24.1 Å². The summed E-state index contributed by atoms with van der Waals surface area (Å²) in [5, 5.41) is 7.81. The number of fused-ring (bicyclic) bond motifs is 1. The summed E-state index contributed by atoms with van der Waals surface area (Å²) >= 11 is 0. The number of nitrogens with zero attached hydrogens (tertiary/aromatic N) is 3. The predicted molar refractivity (Wildman–Crippen MR) is 111 cm³/mol. The minimum atomic E-state index is 0.200. The van der Waals surface area contributed by atoms with Crippen molar-refractivity contribution < 1.29 is 4.79 Å². The van der Waals surface area contributed by atoms with E-state index in [1.807, 2.05) is 0 Å². The van der Waals surface area contributed by atoms with Gasteiger partial charge in [0, 0.05) is 25.6 Å². The molecule has 2 aromatic rings. The monoisotopic (exact) mass is 380 g/mol. The number of aromatic nitrogens is 2. The van der Waals surface area contributed by atoms with E-state index in [0.717, 1.165) is 51.1 Å². The van der Waals surface area contributed by atoms with Crippen molar-refractivity contribution in [1.29, 1.82) is 0 Å². The normalized spacial score (nSPS) is 18.8. The summed E-state index contributed by atoms with van der Waals surface area (Å²) in [6.45, 7) is 7.02. The molecule has 1 atom stereocenters. The van der Waals surface area contributed by atoms with Crippen LogP contribution in [0.1, 0.15) is 61.9 Å². The van der Waals surface area contributed by atoms with Crippen molar-refractivity contribution in [2.45, 2.75) is 64.6 Å². The van der Waals surface area contributed by atoms with Crippen molar-refractivity contribution in [3.8, 4) is 0 Å². The molecule has 28 heavy (non-hydrogen) atoms. The van der Waals surface area contributed by atoms with Gasteiger partial charge in [0.25, 0.3) is 0 Å². The molecule has 2 aliphatic rings. The molecule has 2 heterocycles. The fraction of sp³-hybridized carbons (Fsp3) is 0.565. The minimum absolute atomic E-state index is 0.200. The van der Waals surface area contributed by atoms with Gasteiger partial charge in [-0.2, -0.15) is 5.10 Å². The van der Waals surface area contributed by atoms with E-state index in [-0.39, 0.29) is 11.8 Å². The largest absolute Gasteiger partial charge is 0.350 e. The molecule has 1 saturated carbocycles. The summed E-state index contributed by atoms with van der Waals surface area (Å²) in [7, 11) is 0. The number of amides is 1. The average Bonchev–Trinajstić information content (AvgIpc) is 2.95. The number of aryl methyl sites for hydroxylation is 1. The van der Waals surface area contributed by atoms with Gasteiger partial charge in [0.05, 0.1) is 17.9 Å². The van der Waals surface area contributed by atoms with E-state index in [1.54, 1.807) is 0 Å². The lowest BCUT2D eigenvalue weighted by molar-refractivity contribution is -0.127. The zero-order valence-electron chi connectivity index (χ0n) is 16.9. The Morgan fingerprint density at radius 3 is 2.79 bits per heavy atom. The van der Waals surface area contributed by atoms with Crippen molar-refractivity contribution in [1.82, 2.24) is 20.0 Å². The lowest BCUT2D eigenvalue weighted by Crippen LogP contribution is -2.34. The molecule has 1 fully saturated rings. The zero-order chi connectivity index (χ0) is 19.3. The molecule has 1 aliphatic carbocycles. The summed E-state index contributed by atoms with van der Waals surface area (Å²) in [5.41, 5.74) is 3.69.